The minimum absolute atomic E-state index is 0.289. The fourth-order valence-corrected chi connectivity index (χ4v) is 1.61. The number of nitrogens with one attached hydrogen (secondary N) is 1. The second kappa shape index (κ2) is 6.66. The number of aromatic nitrogens is 2. The van der Waals surface area contributed by atoms with Gasteiger partial charge in [-0.15, -0.1) is 0 Å². The SMILES string of the molecule is CCCNC(C)c1cnn(C(C)COC)c1. The molecular formula is C12H23N3O. The van der Waals surface area contributed by atoms with Crippen LogP contribution in [0.15, 0.2) is 12.4 Å². The zero-order valence-electron chi connectivity index (χ0n) is 10.7. The van der Waals surface area contributed by atoms with Crippen LogP contribution in [-0.4, -0.2) is 30.0 Å². The minimum atomic E-state index is 0.289. The molecular weight excluding hydrogens is 202 g/mol. The van der Waals surface area contributed by atoms with Gasteiger partial charge >= 0.3 is 0 Å². The molecule has 92 valence electrons. The van der Waals surface area contributed by atoms with Crippen LogP contribution in [0.3, 0.4) is 0 Å². The summed E-state index contributed by atoms with van der Waals surface area (Å²) in [4.78, 5) is 0. The maximum Gasteiger partial charge on any atom is 0.0724 e. The smallest absolute Gasteiger partial charge is 0.0724 e. The molecule has 1 rings (SSSR count). The van der Waals surface area contributed by atoms with Crippen LogP contribution in [0.25, 0.3) is 0 Å². The van der Waals surface area contributed by atoms with E-state index < -0.39 is 0 Å². The van der Waals surface area contributed by atoms with E-state index in [9.17, 15) is 0 Å². The summed E-state index contributed by atoms with van der Waals surface area (Å²) in [5.41, 5.74) is 1.23. The number of hydrogen-bond donors (Lipinski definition) is 1. The van der Waals surface area contributed by atoms with Crippen molar-refractivity contribution in [3.63, 3.8) is 0 Å². The first-order chi connectivity index (χ1) is 7.69. The van der Waals surface area contributed by atoms with Crippen molar-refractivity contribution >= 4 is 0 Å². The lowest BCUT2D eigenvalue weighted by Crippen LogP contribution is -2.19. The summed E-state index contributed by atoms with van der Waals surface area (Å²) in [5, 5.41) is 7.81. The van der Waals surface area contributed by atoms with Crippen LogP contribution in [0, 0.1) is 0 Å². The molecule has 0 aliphatic rings. The van der Waals surface area contributed by atoms with Gasteiger partial charge in [0.2, 0.25) is 0 Å². The third-order valence-corrected chi connectivity index (χ3v) is 2.68. The molecule has 0 aliphatic carbocycles. The average molecular weight is 225 g/mol. The van der Waals surface area contributed by atoms with Gasteiger partial charge in [0.15, 0.2) is 0 Å². The maximum atomic E-state index is 5.12. The second-order valence-corrected chi connectivity index (χ2v) is 4.23. The van der Waals surface area contributed by atoms with Crippen molar-refractivity contribution in [3.05, 3.63) is 18.0 Å². The number of rotatable bonds is 7. The minimum Gasteiger partial charge on any atom is -0.382 e. The van der Waals surface area contributed by atoms with Crippen molar-refractivity contribution in [2.24, 2.45) is 0 Å². The highest BCUT2D eigenvalue weighted by atomic mass is 16.5. The molecule has 0 aliphatic heterocycles. The molecule has 1 N–H and O–H groups in total. The summed E-state index contributed by atoms with van der Waals surface area (Å²) in [5.74, 6) is 0. The van der Waals surface area contributed by atoms with E-state index in [2.05, 4.69) is 37.4 Å². The van der Waals surface area contributed by atoms with Gasteiger partial charge in [-0.1, -0.05) is 6.92 Å². The molecule has 1 heterocycles. The summed E-state index contributed by atoms with van der Waals surface area (Å²) in [6.45, 7) is 8.17. The van der Waals surface area contributed by atoms with Gasteiger partial charge in [0.05, 0.1) is 18.8 Å². The molecule has 0 aromatic carbocycles. The van der Waals surface area contributed by atoms with Crippen LogP contribution in [0.2, 0.25) is 0 Å². The summed E-state index contributed by atoms with van der Waals surface area (Å²) in [7, 11) is 1.71. The predicted molar refractivity (Wildman–Crippen MR) is 65.5 cm³/mol. The number of hydrogen-bond acceptors (Lipinski definition) is 3. The quantitative estimate of drug-likeness (QED) is 0.773. The van der Waals surface area contributed by atoms with Gasteiger partial charge in [0, 0.05) is 24.9 Å². The molecule has 0 saturated heterocycles. The van der Waals surface area contributed by atoms with Crippen LogP contribution in [-0.2, 0) is 4.74 Å². The van der Waals surface area contributed by atoms with Gasteiger partial charge < -0.3 is 10.1 Å². The van der Waals surface area contributed by atoms with Crippen LogP contribution in [0.5, 0.6) is 0 Å². The highest BCUT2D eigenvalue weighted by molar-refractivity contribution is 5.09. The lowest BCUT2D eigenvalue weighted by molar-refractivity contribution is 0.157. The summed E-state index contributed by atoms with van der Waals surface area (Å²) >= 11 is 0. The van der Waals surface area contributed by atoms with E-state index in [1.165, 1.54) is 5.56 Å². The maximum absolute atomic E-state index is 5.12. The Morgan fingerprint density at radius 3 is 2.88 bits per heavy atom. The lowest BCUT2D eigenvalue weighted by atomic mass is 10.2. The normalized spacial score (nSPS) is 15.0. The van der Waals surface area contributed by atoms with Crippen LogP contribution < -0.4 is 5.32 Å². The first kappa shape index (κ1) is 13.2. The molecule has 0 amide bonds. The lowest BCUT2D eigenvalue weighted by Gasteiger charge is -2.12. The fraction of sp³-hybridized carbons (Fsp3) is 0.750. The Labute approximate surface area is 98.0 Å². The third kappa shape index (κ3) is 3.61. The van der Waals surface area contributed by atoms with E-state index in [1.54, 1.807) is 7.11 Å². The first-order valence-electron chi connectivity index (χ1n) is 5.95. The van der Waals surface area contributed by atoms with Gasteiger partial charge in [-0.3, -0.25) is 4.68 Å². The predicted octanol–water partition coefficient (Wildman–Crippen LogP) is 2.15. The molecule has 16 heavy (non-hydrogen) atoms. The molecule has 4 heteroatoms. The first-order valence-corrected chi connectivity index (χ1v) is 5.95. The van der Waals surface area contributed by atoms with Crippen molar-refractivity contribution < 1.29 is 4.74 Å². The van der Waals surface area contributed by atoms with Crippen LogP contribution in [0.1, 0.15) is 44.8 Å². The largest absolute Gasteiger partial charge is 0.382 e. The van der Waals surface area contributed by atoms with E-state index in [4.69, 9.17) is 4.74 Å². The topological polar surface area (TPSA) is 39.1 Å². The molecule has 0 spiro atoms. The molecule has 0 bridgehead atoms. The van der Waals surface area contributed by atoms with Crippen molar-refractivity contribution in [2.75, 3.05) is 20.3 Å². The van der Waals surface area contributed by atoms with Gasteiger partial charge in [0.25, 0.3) is 0 Å². The Morgan fingerprint density at radius 2 is 2.25 bits per heavy atom. The molecule has 0 saturated carbocycles. The average Bonchev–Trinajstić information content (AvgIpc) is 2.75. The van der Waals surface area contributed by atoms with Gasteiger partial charge in [0.1, 0.15) is 0 Å². The van der Waals surface area contributed by atoms with Crippen molar-refractivity contribution in [1.29, 1.82) is 0 Å². The summed E-state index contributed by atoms with van der Waals surface area (Å²) < 4.78 is 7.08. The molecule has 0 radical (unpaired) electrons. The van der Waals surface area contributed by atoms with Crippen LogP contribution in [0.4, 0.5) is 0 Å². The molecule has 4 nitrogen and oxygen atoms in total. The van der Waals surface area contributed by atoms with E-state index in [1.807, 2.05) is 10.9 Å². The van der Waals surface area contributed by atoms with E-state index >= 15 is 0 Å². The van der Waals surface area contributed by atoms with E-state index in [0.29, 0.717) is 12.6 Å². The van der Waals surface area contributed by atoms with Crippen molar-refractivity contribution in [3.8, 4) is 0 Å². The Morgan fingerprint density at radius 1 is 1.50 bits per heavy atom. The molecule has 1 aromatic rings. The second-order valence-electron chi connectivity index (χ2n) is 4.23. The molecule has 0 fully saturated rings. The summed E-state index contributed by atoms with van der Waals surface area (Å²) in [6, 6.07) is 0.653. The summed E-state index contributed by atoms with van der Waals surface area (Å²) in [6.07, 6.45) is 5.18. The van der Waals surface area contributed by atoms with Crippen molar-refractivity contribution in [2.45, 2.75) is 39.3 Å². The Balaban J connectivity index is 2.56. The monoisotopic (exact) mass is 225 g/mol. The van der Waals surface area contributed by atoms with Crippen LogP contribution >= 0.6 is 0 Å². The van der Waals surface area contributed by atoms with Gasteiger partial charge in [-0.2, -0.15) is 5.10 Å². The third-order valence-electron chi connectivity index (χ3n) is 2.68. The zero-order valence-corrected chi connectivity index (χ0v) is 10.7. The molecule has 2 unspecified atom stereocenters. The highest BCUT2D eigenvalue weighted by Gasteiger charge is 2.10. The Kier molecular flexibility index (Phi) is 5.49. The number of ether oxygens (including phenoxy) is 1. The highest BCUT2D eigenvalue weighted by Crippen LogP contribution is 2.13. The zero-order chi connectivity index (χ0) is 12.0. The number of methoxy groups -OCH3 is 1. The number of nitrogens with zero attached hydrogens (tertiary/aromatic N) is 2. The Bertz CT molecular complexity index is 298. The van der Waals surface area contributed by atoms with E-state index in [0.717, 1.165) is 13.0 Å². The van der Waals surface area contributed by atoms with E-state index in [-0.39, 0.29) is 6.04 Å². The Hall–Kier alpha value is -0.870. The standard InChI is InChI=1S/C12H23N3O/c1-5-6-13-11(3)12-7-14-15(8-12)10(2)9-16-4/h7-8,10-11,13H,5-6,9H2,1-4H3. The van der Waals surface area contributed by atoms with Gasteiger partial charge in [-0.25, -0.2) is 0 Å². The van der Waals surface area contributed by atoms with Crippen molar-refractivity contribution in [1.82, 2.24) is 15.1 Å². The van der Waals surface area contributed by atoms with Gasteiger partial charge in [-0.05, 0) is 26.8 Å². The molecule has 1 aromatic heterocycles. The molecule has 2 atom stereocenters. The fourth-order valence-electron chi connectivity index (χ4n) is 1.61.